The molecule has 0 aliphatic rings. The first-order valence-electron chi connectivity index (χ1n) is 12.3. The Morgan fingerprint density at radius 2 is 1.81 bits per heavy atom. The molecule has 0 aliphatic carbocycles. The summed E-state index contributed by atoms with van der Waals surface area (Å²) in [5, 5.41) is 12.7. The number of benzene rings is 2. The molecule has 4 aromatic rings. The van der Waals surface area contributed by atoms with E-state index in [1.54, 1.807) is 6.26 Å². The molecule has 0 spiro atoms. The molecule has 4 rings (SSSR count). The van der Waals surface area contributed by atoms with Crippen molar-refractivity contribution in [2.24, 2.45) is 0 Å². The predicted octanol–water partition coefficient (Wildman–Crippen LogP) is 7.13. The third kappa shape index (κ3) is 6.08. The molecule has 6 nitrogen and oxygen atoms in total. The van der Waals surface area contributed by atoms with Crippen LogP contribution in [0.25, 0.3) is 11.4 Å². The molecule has 1 amide bonds. The van der Waals surface area contributed by atoms with Gasteiger partial charge in [0.2, 0.25) is 5.91 Å². The van der Waals surface area contributed by atoms with Crippen molar-refractivity contribution >= 4 is 23.4 Å². The standard InChI is InChI=1S/C29H34N4O2S/c1-6-20(2)24-11-7-8-12-25(24)30-26(34)19-36-28-32-31-27(33(28)18-23-10-9-17-35-23)21-13-15-22(16-14-21)29(3,4)5/h7-17,20H,6,18-19H2,1-5H3,(H,30,34). The van der Waals surface area contributed by atoms with Crippen molar-refractivity contribution in [1.29, 1.82) is 0 Å². The Labute approximate surface area is 217 Å². The number of anilines is 1. The fraction of sp³-hybridized carbons (Fsp3) is 0.345. The zero-order chi connectivity index (χ0) is 25.7. The van der Waals surface area contributed by atoms with Gasteiger partial charge in [0.05, 0.1) is 18.6 Å². The fourth-order valence-corrected chi connectivity index (χ4v) is 4.74. The molecule has 0 saturated carbocycles. The third-order valence-corrected chi connectivity index (χ3v) is 7.30. The number of para-hydroxylation sites is 1. The first kappa shape index (κ1) is 25.8. The Kier molecular flexibility index (Phi) is 7.99. The van der Waals surface area contributed by atoms with Crippen molar-refractivity contribution in [1.82, 2.24) is 14.8 Å². The number of amides is 1. The Balaban J connectivity index is 1.54. The Bertz CT molecular complexity index is 1290. The third-order valence-electron chi connectivity index (χ3n) is 6.33. The molecular weight excluding hydrogens is 468 g/mol. The van der Waals surface area contributed by atoms with Gasteiger partial charge >= 0.3 is 0 Å². The number of aromatic nitrogens is 3. The van der Waals surface area contributed by atoms with E-state index in [-0.39, 0.29) is 17.1 Å². The summed E-state index contributed by atoms with van der Waals surface area (Å²) in [6.45, 7) is 11.4. The van der Waals surface area contributed by atoms with E-state index in [0.29, 0.717) is 17.6 Å². The number of nitrogens with one attached hydrogen (secondary N) is 1. The monoisotopic (exact) mass is 502 g/mol. The van der Waals surface area contributed by atoms with E-state index in [1.165, 1.54) is 17.3 Å². The number of rotatable bonds is 9. The number of furan rings is 1. The van der Waals surface area contributed by atoms with Crippen LogP contribution >= 0.6 is 11.8 Å². The minimum absolute atomic E-state index is 0.0700. The summed E-state index contributed by atoms with van der Waals surface area (Å²) >= 11 is 1.37. The Morgan fingerprint density at radius 1 is 1.06 bits per heavy atom. The van der Waals surface area contributed by atoms with Crippen LogP contribution < -0.4 is 5.32 Å². The highest BCUT2D eigenvalue weighted by Crippen LogP contribution is 2.30. The molecule has 1 atom stereocenters. The van der Waals surface area contributed by atoms with Crippen molar-refractivity contribution in [3.63, 3.8) is 0 Å². The predicted molar refractivity (Wildman–Crippen MR) is 146 cm³/mol. The van der Waals surface area contributed by atoms with E-state index >= 15 is 0 Å². The minimum Gasteiger partial charge on any atom is -0.467 e. The molecule has 188 valence electrons. The summed E-state index contributed by atoms with van der Waals surface area (Å²) in [7, 11) is 0. The molecule has 0 bridgehead atoms. The van der Waals surface area contributed by atoms with Gasteiger partial charge in [0.15, 0.2) is 11.0 Å². The molecule has 1 N–H and O–H groups in total. The van der Waals surface area contributed by atoms with Gasteiger partial charge in [0, 0.05) is 11.3 Å². The maximum Gasteiger partial charge on any atom is 0.234 e. The van der Waals surface area contributed by atoms with E-state index in [0.717, 1.165) is 34.8 Å². The van der Waals surface area contributed by atoms with Gasteiger partial charge in [-0.3, -0.25) is 9.36 Å². The number of hydrogen-bond donors (Lipinski definition) is 1. The van der Waals surface area contributed by atoms with Crippen LogP contribution in [0.3, 0.4) is 0 Å². The van der Waals surface area contributed by atoms with Crippen molar-refractivity contribution in [2.45, 2.75) is 64.1 Å². The van der Waals surface area contributed by atoms with Gasteiger partial charge in [-0.1, -0.05) is 88.8 Å². The second-order valence-electron chi connectivity index (χ2n) is 10.0. The number of carbonyl (C=O) groups excluding carboxylic acids is 1. The van der Waals surface area contributed by atoms with Crippen LogP contribution in [0.4, 0.5) is 5.69 Å². The summed E-state index contributed by atoms with van der Waals surface area (Å²) in [6, 6.07) is 20.2. The molecule has 36 heavy (non-hydrogen) atoms. The number of thioether (sulfide) groups is 1. The maximum absolute atomic E-state index is 12.9. The Hall–Kier alpha value is -3.32. The molecular formula is C29H34N4O2S. The molecule has 0 aliphatic heterocycles. The summed E-state index contributed by atoms with van der Waals surface area (Å²) in [5.74, 6) is 2.08. The van der Waals surface area contributed by atoms with Gasteiger partial charge in [0.25, 0.3) is 0 Å². The van der Waals surface area contributed by atoms with Gasteiger partial charge in [0.1, 0.15) is 5.76 Å². The molecule has 2 aromatic carbocycles. The summed E-state index contributed by atoms with van der Waals surface area (Å²) in [6.07, 6.45) is 2.67. The highest BCUT2D eigenvalue weighted by Gasteiger charge is 2.19. The Morgan fingerprint density at radius 3 is 2.47 bits per heavy atom. The highest BCUT2D eigenvalue weighted by molar-refractivity contribution is 7.99. The molecule has 7 heteroatoms. The van der Waals surface area contributed by atoms with E-state index in [1.807, 2.05) is 34.9 Å². The lowest BCUT2D eigenvalue weighted by molar-refractivity contribution is -0.113. The second-order valence-corrected chi connectivity index (χ2v) is 11.0. The topological polar surface area (TPSA) is 73.0 Å². The van der Waals surface area contributed by atoms with Crippen molar-refractivity contribution in [2.75, 3.05) is 11.1 Å². The van der Waals surface area contributed by atoms with Crippen molar-refractivity contribution < 1.29 is 9.21 Å². The normalized spacial score (nSPS) is 12.5. The van der Waals surface area contributed by atoms with E-state index in [2.05, 4.69) is 80.5 Å². The molecule has 0 saturated heterocycles. The van der Waals surface area contributed by atoms with Gasteiger partial charge in [-0.15, -0.1) is 10.2 Å². The lowest BCUT2D eigenvalue weighted by Gasteiger charge is -2.19. The van der Waals surface area contributed by atoms with E-state index in [9.17, 15) is 4.79 Å². The number of hydrogen-bond acceptors (Lipinski definition) is 5. The number of nitrogens with zero attached hydrogens (tertiary/aromatic N) is 3. The smallest absolute Gasteiger partial charge is 0.234 e. The van der Waals surface area contributed by atoms with Gasteiger partial charge < -0.3 is 9.73 Å². The van der Waals surface area contributed by atoms with Crippen LogP contribution in [0.15, 0.2) is 76.5 Å². The number of carbonyl (C=O) groups is 1. The highest BCUT2D eigenvalue weighted by atomic mass is 32.2. The van der Waals surface area contributed by atoms with E-state index in [4.69, 9.17) is 4.42 Å². The van der Waals surface area contributed by atoms with Gasteiger partial charge in [-0.2, -0.15) is 0 Å². The van der Waals surface area contributed by atoms with Crippen LogP contribution in [-0.2, 0) is 16.8 Å². The second kappa shape index (κ2) is 11.2. The molecule has 2 heterocycles. The SMILES string of the molecule is CCC(C)c1ccccc1NC(=O)CSc1nnc(-c2ccc(C(C)(C)C)cc2)n1Cc1ccco1. The lowest BCUT2D eigenvalue weighted by Crippen LogP contribution is -2.16. The zero-order valence-electron chi connectivity index (χ0n) is 21.6. The molecule has 0 fully saturated rings. The van der Waals surface area contributed by atoms with Crippen molar-refractivity contribution in [3.8, 4) is 11.4 Å². The van der Waals surface area contributed by atoms with Crippen molar-refractivity contribution in [3.05, 3.63) is 83.8 Å². The zero-order valence-corrected chi connectivity index (χ0v) is 22.4. The molecule has 1 unspecified atom stereocenters. The summed E-state index contributed by atoms with van der Waals surface area (Å²) in [5.41, 5.74) is 4.32. The van der Waals surface area contributed by atoms with Crippen LogP contribution in [0.2, 0.25) is 0 Å². The first-order valence-corrected chi connectivity index (χ1v) is 13.3. The van der Waals surface area contributed by atoms with Crippen LogP contribution in [0.5, 0.6) is 0 Å². The summed E-state index contributed by atoms with van der Waals surface area (Å²) < 4.78 is 7.61. The fourth-order valence-electron chi connectivity index (χ4n) is 4.01. The van der Waals surface area contributed by atoms with Gasteiger partial charge in [-0.05, 0) is 47.1 Å². The average Bonchev–Trinajstić information content (AvgIpc) is 3.52. The maximum atomic E-state index is 12.9. The summed E-state index contributed by atoms with van der Waals surface area (Å²) in [4.78, 5) is 12.9. The largest absolute Gasteiger partial charge is 0.467 e. The minimum atomic E-state index is -0.0700. The van der Waals surface area contributed by atoms with Gasteiger partial charge in [-0.25, -0.2) is 0 Å². The average molecular weight is 503 g/mol. The van der Waals surface area contributed by atoms with Crippen LogP contribution in [0, 0.1) is 0 Å². The quantitative estimate of drug-likeness (QED) is 0.247. The lowest BCUT2D eigenvalue weighted by atomic mass is 9.87. The molecule has 0 radical (unpaired) electrons. The van der Waals surface area contributed by atoms with Crippen LogP contribution in [0.1, 0.15) is 63.8 Å². The molecule has 2 aromatic heterocycles. The first-order chi connectivity index (χ1) is 17.3. The van der Waals surface area contributed by atoms with Crippen LogP contribution in [-0.4, -0.2) is 26.4 Å². The van der Waals surface area contributed by atoms with E-state index < -0.39 is 0 Å².